The summed E-state index contributed by atoms with van der Waals surface area (Å²) in [6.45, 7) is 5.99. The fraction of sp³-hybridized carbons (Fsp3) is 0.167. The molecule has 13 heavy (non-hydrogen) atoms. The summed E-state index contributed by atoms with van der Waals surface area (Å²) >= 11 is 1.86. The lowest BCUT2D eigenvalue weighted by Crippen LogP contribution is -1.80. The molecule has 1 aromatic heterocycles. The molecule has 2 aromatic rings. The number of fused-ring (bicyclic) bond motifs is 1. The maximum atomic E-state index is 3.81. The summed E-state index contributed by atoms with van der Waals surface area (Å²) in [5, 5.41) is 1.34. The molecule has 0 N–H and O–H groups in total. The average molecular weight is 188 g/mol. The highest BCUT2D eigenvalue weighted by atomic mass is 32.1. The van der Waals surface area contributed by atoms with Crippen molar-refractivity contribution in [2.24, 2.45) is 0 Å². The lowest BCUT2D eigenvalue weighted by Gasteiger charge is -1.98. The minimum Gasteiger partial charge on any atom is -0.140 e. The zero-order valence-electron chi connectivity index (χ0n) is 7.66. The van der Waals surface area contributed by atoms with E-state index in [9.17, 15) is 0 Å². The van der Waals surface area contributed by atoms with Crippen LogP contribution in [0.25, 0.3) is 10.1 Å². The van der Waals surface area contributed by atoms with Gasteiger partial charge in [0.15, 0.2) is 0 Å². The van der Waals surface area contributed by atoms with Crippen LogP contribution in [0.2, 0.25) is 0 Å². The minimum absolute atomic E-state index is 0.470. The molecule has 66 valence electrons. The summed E-state index contributed by atoms with van der Waals surface area (Å²) in [5.74, 6) is 0.470. The van der Waals surface area contributed by atoms with Gasteiger partial charge in [-0.1, -0.05) is 31.2 Å². The van der Waals surface area contributed by atoms with Crippen LogP contribution in [0.15, 0.2) is 43.0 Å². The number of benzene rings is 1. The molecule has 1 unspecified atom stereocenters. The van der Waals surface area contributed by atoms with Gasteiger partial charge in [-0.25, -0.2) is 0 Å². The van der Waals surface area contributed by atoms with Gasteiger partial charge in [-0.2, -0.15) is 0 Å². The molecule has 0 saturated heterocycles. The predicted molar refractivity (Wildman–Crippen MR) is 60.4 cm³/mol. The first-order chi connectivity index (χ1) is 6.31. The third-order valence-electron chi connectivity index (χ3n) is 2.25. The fourth-order valence-electron chi connectivity index (χ4n) is 1.34. The molecule has 0 aliphatic heterocycles. The van der Waals surface area contributed by atoms with E-state index in [1.807, 2.05) is 17.4 Å². The van der Waals surface area contributed by atoms with Gasteiger partial charge in [0.1, 0.15) is 0 Å². The maximum absolute atomic E-state index is 3.81. The molecule has 0 fully saturated rings. The molecule has 0 amide bonds. The van der Waals surface area contributed by atoms with Gasteiger partial charge in [0.05, 0.1) is 0 Å². The molecule has 1 atom stereocenters. The third-order valence-corrected chi connectivity index (χ3v) is 3.56. The van der Waals surface area contributed by atoms with E-state index >= 15 is 0 Å². The number of hydrogen-bond acceptors (Lipinski definition) is 1. The first-order valence-electron chi connectivity index (χ1n) is 4.42. The Morgan fingerprint density at radius 3 is 2.85 bits per heavy atom. The summed E-state index contributed by atoms with van der Waals surface area (Å²) in [6, 6.07) is 10.7. The van der Waals surface area contributed by atoms with E-state index in [0.29, 0.717) is 5.92 Å². The SMILES string of the molecule is C=CC(C)c1cc2ccccc2s1. The van der Waals surface area contributed by atoms with Crippen molar-refractivity contribution in [3.63, 3.8) is 0 Å². The van der Waals surface area contributed by atoms with Gasteiger partial charge >= 0.3 is 0 Å². The Labute approximate surface area is 82.5 Å². The lowest BCUT2D eigenvalue weighted by molar-refractivity contribution is 1.00. The Balaban J connectivity index is 2.55. The van der Waals surface area contributed by atoms with Gasteiger partial charge in [-0.05, 0) is 17.5 Å². The van der Waals surface area contributed by atoms with E-state index in [-0.39, 0.29) is 0 Å². The molecule has 0 aliphatic rings. The van der Waals surface area contributed by atoms with Crippen LogP contribution in [0, 0.1) is 0 Å². The van der Waals surface area contributed by atoms with Crippen molar-refractivity contribution in [2.45, 2.75) is 12.8 Å². The van der Waals surface area contributed by atoms with Crippen LogP contribution in [0.5, 0.6) is 0 Å². The van der Waals surface area contributed by atoms with Crippen molar-refractivity contribution in [1.82, 2.24) is 0 Å². The van der Waals surface area contributed by atoms with Gasteiger partial charge in [-0.3, -0.25) is 0 Å². The highest BCUT2D eigenvalue weighted by Gasteiger charge is 2.04. The monoisotopic (exact) mass is 188 g/mol. The van der Waals surface area contributed by atoms with Crippen LogP contribution < -0.4 is 0 Å². The second-order valence-corrected chi connectivity index (χ2v) is 4.33. The van der Waals surface area contributed by atoms with Gasteiger partial charge < -0.3 is 0 Å². The largest absolute Gasteiger partial charge is 0.140 e. The van der Waals surface area contributed by atoms with Crippen molar-refractivity contribution in [3.8, 4) is 0 Å². The topological polar surface area (TPSA) is 0 Å². The normalized spacial score (nSPS) is 13.0. The highest BCUT2D eigenvalue weighted by molar-refractivity contribution is 7.19. The van der Waals surface area contributed by atoms with Crippen LogP contribution >= 0.6 is 11.3 Å². The predicted octanol–water partition coefficient (Wildman–Crippen LogP) is 4.19. The van der Waals surface area contributed by atoms with Gasteiger partial charge in [0.2, 0.25) is 0 Å². The molecular formula is C12H12S. The minimum atomic E-state index is 0.470. The van der Waals surface area contributed by atoms with Crippen molar-refractivity contribution in [3.05, 3.63) is 47.9 Å². The molecule has 1 heteroatoms. The molecule has 0 saturated carbocycles. The Hall–Kier alpha value is -1.08. The number of hydrogen-bond donors (Lipinski definition) is 0. The van der Waals surface area contributed by atoms with E-state index < -0.39 is 0 Å². The van der Waals surface area contributed by atoms with Gasteiger partial charge in [0, 0.05) is 15.5 Å². The highest BCUT2D eigenvalue weighted by Crippen LogP contribution is 2.30. The first-order valence-corrected chi connectivity index (χ1v) is 5.24. The molecule has 0 radical (unpaired) electrons. The lowest BCUT2D eigenvalue weighted by atomic mass is 10.1. The Bertz CT molecular complexity index is 392. The average Bonchev–Trinajstić information content (AvgIpc) is 2.59. The van der Waals surface area contributed by atoms with E-state index in [4.69, 9.17) is 0 Å². The van der Waals surface area contributed by atoms with Gasteiger partial charge in [0.25, 0.3) is 0 Å². The maximum Gasteiger partial charge on any atom is 0.0345 e. The Kier molecular flexibility index (Phi) is 2.19. The molecular weight excluding hydrogens is 176 g/mol. The van der Waals surface area contributed by atoms with Crippen LogP contribution in [0.3, 0.4) is 0 Å². The molecule has 1 aromatic carbocycles. The summed E-state index contributed by atoms with van der Waals surface area (Å²) in [4.78, 5) is 1.40. The van der Waals surface area contributed by atoms with E-state index in [1.54, 1.807) is 0 Å². The first kappa shape index (κ1) is 8.52. The van der Waals surface area contributed by atoms with Gasteiger partial charge in [-0.15, -0.1) is 17.9 Å². The van der Waals surface area contributed by atoms with Crippen molar-refractivity contribution >= 4 is 21.4 Å². The van der Waals surface area contributed by atoms with Crippen LogP contribution in [0.4, 0.5) is 0 Å². The summed E-state index contributed by atoms with van der Waals surface area (Å²) in [5.41, 5.74) is 0. The standard InChI is InChI=1S/C12H12S/c1-3-9(2)12-8-10-6-4-5-7-11(10)13-12/h3-9H,1H2,2H3. The van der Waals surface area contributed by atoms with Crippen LogP contribution in [-0.2, 0) is 0 Å². The molecule has 0 spiro atoms. The third kappa shape index (κ3) is 1.52. The van der Waals surface area contributed by atoms with Crippen molar-refractivity contribution < 1.29 is 0 Å². The van der Waals surface area contributed by atoms with E-state index in [0.717, 1.165) is 0 Å². The van der Waals surface area contributed by atoms with Crippen LogP contribution in [-0.4, -0.2) is 0 Å². The smallest absolute Gasteiger partial charge is 0.0345 e. The number of rotatable bonds is 2. The second kappa shape index (κ2) is 3.35. The van der Waals surface area contributed by atoms with E-state index in [2.05, 4.69) is 43.8 Å². The molecule has 1 heterocycles. The summed E-state index contributed by atoms with van der Waals surface area (Å²) in [6.07, 6.45) is 1.99. The Morgan fingerprint density at radius 2 is 2.15 bits per heavy atom. The quantitative estimate of drug-likeness (QED) is 0.620. The van der Waals surface area contributed by atoms with Crippen LogP contribution in [0.1, 0.15) is 17.7 Å². The summed E-state index contributed by atoms with van der Waals surface area (Å²) in [7, 11) is 0. The van der Waals surface area contributed by atoms with E-state index in [1.165, 1.54) is 15.0 Å². The zero-order chi connectivity index (χ0) is 9.26. The molecule has 0 nitrogen and oxygen atoms in total. The van der Waals surface area contributed by atoms with Crippen molar-refractivity contribution in [2.75, 3.05) is 0 Å². The fourth-order valence-corrected chi connectivity index (χ4v) is 2.46. The molecule has 2 rings (SSSR count). The summed E-state index contributed by atoms with van der Waals surface area (Å²) < 4.78 is 1.37. The number of thiophene rings is 1. The van der Waals surface area contributed by atoms with Crippen molar-refractivity contribution in [1.29, 1.82) is 0 Å². The second-order valence-electron chi connectivity index (χ2n) is 3.21. The Morgan fingerprint density at radius 1 is 1.38 bits per heavy atom. The molecule has 0 bridgehead atoms. The zero-order valence-corrected chi connectivity index (χ0v) is 8.47. The number of allylic oxidation sites excluding steroid dienone is 1. The molecule has 0 aliphatic carbocycles.